The predicted octanol–water partition coefficient (Wildman–Crippen LogP) is 3.86. The van der Waals surface area contributed by atoms with Crippen LogP contribution in [0.4, 0.5) is 0 Å². The number of pyridine rings is 1. The van der Waals surface area contributed by atoms with Gasteiger partial charge in [0.1, 0.15) is 0 Å². The highest BCUT2D eigenvalue weighted by molar-refractivity contribution is 7.99. The smallest absolute Gasteiger partial charge is 0.277 e. The van der Waals surface area contributed by atoms with Crippen LogP contribution in [-0.4, -0.2) is 31.3 Å². The maximum absolute atomic E-state index is 12.6. The Labute approximate surface area is 149 Å². The van der Waals surface area contributed by atoms with E-state index in [1.54, 1.807) is 24.5 Å². The lowest BCUT2D eigenvalue weighted by atomic mass is 10.2. The van der Waals surface area contributed by atoms with Crippen molar-refractivity contribution in [2.45, 2.75) is 38.0 Å². The summed E-state index contributed by atoms with van der Waals surface area (Å²) >= 11 is 1.27. The largest absolute Gasteiger partial charge is 0.411 e. The van der Waals surface area contributed by atoms with E-state index in [-0.39, 0.29) is 11.5 Å². The van der Waals surface area contributed by atoms with Gasteiger partial charge in [-0.15, -0.1) is 10.2 Å². The summed E-state index contributed by atoms with van der Waals surface area (Å²) in [6.07, 6.45) is 5.76. The lowest BCUT2D eigenvalue weighted by Gasteiger charge is -2.07. The van der Waals surface area contributed by atoms with Crippen molar-refractivity contribution in [3.05, 3.63) is 47.5 Å². The molecule has 0 N–H and O–H groups in total. The Bertz CT molecular complexity index is 913. The number of ketones is 1. The first kappa shape index (κ1) is 16.1. The third-order valence-corrected chi connectivity index (χ3v) is 5.18. The molecule has 0 atom stereocenters. The van der Waals surface area contributed by atoms with Crippen LogP contribution in [0.15, 0.2) is 40.2 Å². The van der Waals surface area contributed by atoms with Gasteiger partial charge >= 0.3 is 0 Å². The molecule has 0 radical (unpaired) electrons. The molecule has 4 rings (SSSR count). The van der Waals surface area contributed by atoms with E-state index >= 15 is 0 Å². The summed E-state index contributed by atoms with van der Waals surface area (Å²) in [5, 5.41) is 8.43. The molecule has 3 heterocycles. The highest BCUT2D eigenvalue weighted by Gasteiger charge is 2.28. The van der Waals surface area contributed by atoms with Gasteiger partial charge in [-0.05, 0) is 44.9 Å². The molecule has 25 heavy (non-hydrogen) atoms. The minimum Gasteiger partial charge on any atom is -0.411 e. The highest BCUT2D eigenvalue weighted by Crippen LogP contribution is 2.38. The number of hydrogen-bond acceptors (Lipinski definition) is 6. The first-order valence-corrected chi connectivity index (χ1v) is 9.20. The van der Waals surface area contributed by atoms with Gasteiger partial charge in [0, 0.05) is 41.0 Å². The zero-order chi connectivity index (χ0) is 17.4. The molecular formula is C18H18N4O2S. The molecule has 3 aromatic heterocycles. The fourth-order valence-corrected chi connectivity index (χ4v) is 3.68. The molecule has 1 saturated carbocycles. The Morgan fingerprint density at radius 2 is 2.04 bits per heavy atom. The summed E-state index contributed by atoms with van der Waals surface area (Å²) in [5.74, 6) is 0.811. The molecule has 7 heteroatoms. The van der Waals surface area contributed by atoms with Crippen LogP contribution in [-0.2, 0) is 0 Å². The van der Waals surface area contributed by atoms with E-state index in [4.69, 9.17) is 4.42 Å². The number of thioether (sulfide) groups is 1. The minimum absolute atomic E-state index is 0.0914. The van der Waals surface area contributed by atoms with Gasteiger partial charge in [0.2, 0.25) is 5.89 Å². The summed E-state index contributed by atoms with van der Waals surface area (Å²) in [6.45, 7) is 4.09. The van der Waals surface area contributed by atoms with Gasteiger partial charge in [-0.1, -0.05) is 11.8 Å². The number of hydrogen-bond donors (Lipinski definition) is 0. The lowest BCUT2D eigenvalue weighted by Crippen LogP contribution is -2.05. The van der Waals surface area contributed by atoms with Gasteiger partial charge in [0.15, 0.2) is 5.78 Å². The quantitative estimate of drug-likeness (QED) is 0.494. The fraction of sp³-hybridized carbons (Fsp3) is 0.333. The van der Waals surface area contributed by atoms with Gasteiger partial charge < -0.3 is 8.98 Å². The van der Waals surface area contributed by atoms with E-state index in [1.165, 1.54) is 24.6 Å². The Morgan fingerprint density at radius 1 is 1.28 bits per heavy atom. The van der Waals surface area contributed by atoms with Gasteiger partial charge in [-0.2, -0.15) is 0 Å². The Morgan fingerprint density at radius 3 is 2.76 bits per heavy atom. The molecular weight excluding hydrogens is 336 g/mol. The van der Waals surface area contributed by atoms with Crippen molar-refractivity contribution in [2.75, 3.05) is 5.75 Å². The Hall–Kier alpha value is -2.41. The van der Waals surface area contributed by atoms with Gasteiger partial charge in [0.25, 0.3) is 5.22 Å². The Balaban J connectivity index is 1.44. The second kappa shape index (κ2) is 6.48. The molecule has 1 aliphatic rings. The molecule has 0 aromatic carbocycles. The number of aromatic nitrogens is 4. The third-order valence-electron chi connectivity index (χ3n) is 4.36. The molecule has 0 unspecified atom stereocenters. The summed E-state index contributed by atoms with van der Waals surface area (Å²) in [7, 11) is 0. The summed E-state index contributed by atoms with van der Waals surface area (Å²) in [5.41, 5.74) is 3.83. The number of carbonyl (C=O) groups excluding carboxylic acids is 1. The van der Waals surface area contributed by atoms with Crippen molar-refractivity contribution in [1.82, 2.24) is 19.7 Å². The van der Waals surface area contributed by atoms with Crippen molar-refractivity contribution >= 4 is 17.5 Å². The maximum Gasteiger partial charge on any atom is 0.277 e. The van der Waals surface area contributed by atoms with E-state index in [0.717, 1.165) is 22.5 Å². The van der Waals surface area contributed by atoms with Crippen molar-refractivity contribution in [3.8, 4) is 11.5 Å². The van der Waals surface area contributed by atoms with Crippen molar-refractivity contribution in [2.24, 2.45) is 0 Å². The van der Waals surface area contributed by atoms with Crippen LogP contribution in [0.25, 0.3) is 11.5 Å². The number of aryl methyl sites for hydroxylation is 1. The summed E-state index contributed by atoms with van der Waals surface area (Å²) in [6, 6.07) is 6.18. The Kier molecular flexibility index (Phi) is 4.17. The first-order chi connectivity index (χ1) is 12.1. The van der Waals surface area contributed by atoms with Crippen LogP contribution in [0.5, 0.6) is 0 Å². The van der Waals surface area contributed by atoms with Crippen LogP contribution in [0.1, 0.15) is 40.6 Å². The van der Waals surface area contributed by atoms with Crippen molar-refractivity contribution < 1.29 is 9.21 Å². The molecule has 128 valence electrons. The molecule has 0 saturated heterocycles. The lowest BCUT2D eigenvalue weighted by molar-refractivity contribution is 0.102. The van der Waals surface area contributed by atoms with Crippen LogP contribution >= 0.6 is 11.8 Å². The molecule has 0 amide bonds. The molecule has 1 aliphatic carbocycles. The third kappa shape index (κ3) is 3.24. The van der Waals surface area contributed by atoms with Crippen LogP contribution in [0, 0.1) is 13.8 Å². The molecule has 0 aliphatic heterocycles. The van der Waals surface area contributed by atoms with Crippen molar-refractivity contribution in [1.29, 1.82) is 0 Å². The van der Waals surface area contributed by atoms with Crippen LogP contribution in [0.2, 0.25) is 0 Å². The normalized spacial score (nSPS) is 14.0. The van der Waals surface area contributed by atoms with E-state index in [0.29, 0.717) is 17.2 Å². The van der Waals surface area contributed by atoms with Gasteiger partial charge in [-0.25, -0.2) is 0 Å². The average molecular weight is 354 g/mol. The summed E-state index contributed by atoms with van der Waals surface area (Å²) < 4.78 is 7.90. The minimum atomic E-state index is 0.0914. The van der Waals surface area contributed by atoms with E-state index in [2.05, 4.69) is 26.7 Å². The monoisotopic (exact) mass is 354 g/mol. The number of Topliss-reactive ketones (excluding diaryl/α,β-unsaturated/α-hetero) is 1. The molecule has 0 spiro atoms. The van der Waals surface area contributed by atoms with Crippen LogP contribution in [0.3, 0.4) is 0 Å². The van der Waals surface area contributed by atoms with Gasteiger partial charge in [0.05, 0.1) is 5.75 Å². The standard InChI is InChI=1S/C18H18N4O2S/c1-11-9-15(12(2)22(11)14-3-4-14)16(23)10-25-18-21-20-17(24-18)13-5-7-19-8-6-13/h5-9,14H,3-4,10H2,1-2H3. The topological polar surface area (TPSA) is 73.8 Å². The first-order valence-electron chi connectivity index (χ1n) is 8.22. The van der Waals surface area contributed by atoms with Crippen molar-refractivity contribution in [3.63, 3.8) is 0 Å². The molecule has 1 fully saturated rings. The highest BCUT2D eigenvalue weighted by atomic mass is 32.2. The SMILES string of the molecule is Cc1cc(C(=O)CSc2nnc(-c3ccncc3)o2)c(C)n1C1CC1. The summed E-state index contributed by atoms with van der Waals surface area (Å²) in [4.78, 5) is 16.6. The zero-order valence-electron chi connectivity index (χ0n) is 14.1. The van der Waals surface area contributed by atoms with E-state index in [9.17, 15) is 4.79 Å². The predicted molar refractivity (Wildman–Crippen MR) is 94.8 cm³/mol. The number of rotatable bonds is 6. The fourth-order valence-electron chi connectivity index (χ4n) is 3.04. The number of carbonyl (C=O) groups is 1. The van der Waals surface area contributed by atoms with Crippen LogP contribution < -0.4 is 0 Å². The molecule has 3 aromatic rings. The maximum atomic E-state index is 12.6. The molecule has 6 nitrogen and oxygen atoms in total. The molecule has 0 bridgehead atoms. The average Bonchev–Trinajstić information content (AvgIpc) is 3.25. The van der Waals surface area contributed by atoms with E-state index in [1.807, 2.05) is 13.0 Å². The second-order valence-electron chi connectivity index (χ2n) is 6.21. The zero-order valence-corrected chi connectivity index (χ0v) is 14.9. The van der Waals surface area contributed by atoms with Gasteiger partial charge in [-0.3, -0.25) is 9.78 Å². The van der Waals surface area contributed by atoms with E-state index < -0.39 is 0 Å². The number of nitrogens with zero attached hydrogens (tertiary/aromatic N) is 4. The second-order valence-corrected chi connectivity index (χ2v) is 7.13.